The second-order valence-electron chi connectivity index (χ2n) is 7.65. The molecule has 0 saturated carbocycles. The highest BCUT2D eigenvalue weighted by Gasteiger charge is 2.20. The molecule has 34 heavy (non-hydrogen) atoms. The SMILES string of the molecule is COc1ccccc1OCCNC(=O)c1ccc(CN(c2cc(Cl)ccc2C)S(C)(=O)=O)cc1. The van der Waals surface area contributed by atoms with Gasteiger partial charge in [-0.25, -0.2) is 8.42 Å². The summed E-state index contributed by atoms with van der Waals surface area (Å²) in [7, 11) is -1.98. The van der Waals surface area contributed by atoms with Crippen LogP contribution >= 0.6 is 11.6 Å². The monoisotopic (exact) mass is 502 g/mol. The number of ether oxygens (including phenoxy) is 2. The molecule has 3 aromatic rings. The predicted molar refractivity (Wildman–Crippen MR) is 134 cm³/mol. The minimum absolute atomic E-state index is 0.120. The number of hydrogen-bond acceptors (Lipinski definition) is 5. The first-order valence-corrected chi connectivity index (χ1v) is 12.8. The van der Waals surface area contributed by atoms with Crippen molar-refractivity contribution in [3.05, 3.63) is 88.4 Å². The zero-order valence-electron chi connectivity index (χ0n) is 19.2. The van der Waals surface area contributed by atoms with E-state index in [1.807, 2.05) is 19.1 Å². The van der Waals surface area contributed by atoms with Crippen LogP contribution in [0.25, 0.3) is 0 Å². The molecule has 0 fully saturated rings. The molecule has 0 aliphatic heterocycles. The largest absolute Gasteiger partial charge is 0.493 e. The first-order valence-electron chi connectivity index (χ1n) is 10.6. The van der Waals surface area contributed by atoms with Crippen molar-refractivity contribution in [2.75, 3.05) is 30.8 Å². The fourth-order valence-corrected chi connectivity index (χ4v) is 4.43. The van der Waals surface area contributed by atoms with Gasteiger partial charge in [-0.2, -0.15) is 0 Å². The number of rotatable bonds is 10. The number of sulfonamides is 1. The van der Waals surface area contributed by atoms with Crippen LogP contribution in [0, 0.1) is 6.92 Å². The molecule has 3 rings (SSSR count). The molecule has 0 spiro atoms. The highest BCUT2D eigenvalue weighted by atomic mass is 35.5. The minimum Gasteiger partial charge on any atom is -0.493 e. The zero-order chi connectivity index (χ0) is 24.7. The Morgan fingerprint density at radius 3 is 2.35 bits per heavy atom. The first-order chi connectivity index (χ1) is 16.2. The number of amides is 1. The van der Waals surface area contributed by atoms with Crippen LogP contribution in [0.5, 0.6) is 11.5 Å². The maximum absolute atomic E-state index is 12.5. The van der Waals surface area contributed by atoms with Crippen molar-refractivity contribution in [3.63, 3.8) is 0 Å². The van der Waals surface area contributed by atoms with Crippen molar-refractivity contribution in [1.29, 1.82) is 0 Å². The predicted octanol–water partition coefficient (Wildman–Crippen LogP) is 4.43. The molecule has 0 radical (unpaired) electrons. The molecule has 1 N–H and O–H groups in total. The van der Waals surface area contributed by atoms with Gasteiger partial charge in [-0.3, -0.25) is 9.10 Å². The van der Waals surface area contributed by atoms with Crippen LogP contribution in [0.2, 0.25) is 5.02 Å². The second-order valence-corrected chi connectivity index (χ2v) is 10.00. The van der Waals surface area contributed by atoms with E-state index < -0.39 is 10.0 Å². The Hall–Kier alpha value is -3.23. The molecule has 1 amide bonds. The van der Waals surface area contributed by atoms with Gasteiger partial charge in [-0.05, 0) is 54.4 Å². The van der Waals surface area contributed by atoms with E-state index in [1.165, 1.54) is 4.31 Å². The molecule has 0 heterocycles. The van der Waals surface area contributed by atoms with E-state index in [1.54, 1.807) is 61.7 Å². The summed E-state index contributed by atoms with van der Waals surface area (Å²) in [6.07, 6.45) is 1.16. The Bertz CT molecular complexity index is 1250. The summed E-state index contributed by atoms with van der Waals surface area (Å²) in [5, 5.41) is 3.26. The van der Waals surface area contributed by atoms with Crippen LogP contribution < -0.4 is 19.1 Å². The van der Waals surface area contributed by atoms with E-state index in [0.29, 0.717) is 34.3 Å². The van der Waals surface area contributed by atoms with Gasteiger partial charge < -0.3 is 14.8 Å². The number of halogens is 1. The normalized spacial score (nSPS) is 11.1. The van der Waals surface area contributed by atoms with Crippen LogP contribution in [0.1, 0.15) is 21.5 Å². The molecule has 9 heteroatoms. The average molecular weight is 503 g/mol. The highest BCUT2D eigenvalue weighted by Crippen LogP contribution is 2.28. The Labute approximate surface area is 205 Å². The van der Waals surface area contributed by atoms with Crippen LogP contribution in [-0.2, 0) is 16.6 Å². The number of aryl methyl sites for hydroxylation is 1. The van der Waals surface area contributed by atoms with E-state index in [2.05, 4.69) is 5.32 Å². The average Bonchev–Trinajstić information content (AvgIpc) is 2.81. The van der Waals surface area contributed by atoms with Crippen molar-refractivity contribution >= 4 is 33.2 Å². The topological polar surface area (TPSA) is 84.9 Å². The molecule has 0 aliphatic carbocycles. The van der Waals surface area contributed by atoms with E-state index in [-0.39, 0.29) is 19.1 Å². The van der Waals surface area contributed by atoms with Crippen LogP contribution in [0.3, 0.4) is 0 Å². The molecule has 180 valence electrons. The van der Waals surface area contributed by atoms with Crippen LogP contribution in [0.4, 0.5) is 5.69 Å². The van der Waals surface area contributed by atoms with E-state index in [0.717, 1.165) is 17.4 Å². The first kappa shape index (κ1) is 25.4. The summed E-state index contributed by atoms with van der Waals surface area (Å²) in [6, 6.07) is 19.2. The van der Waals surface area contributed by atoms with Gasteiger partial charge in [0.05, 0.1) is 32.1 Å². The van der Waals surface area contributed by atoms with Gasteiger partial charge in [0.25, 0.3) is 5.91 Å². The van der Waals surface area contributed by atoms with Gasteiger partial charge in [0.1, 0.15) is 6.61 Å². The highest BCUT2D eigenvalue weighted by molar-refractivity contribution is 7.92. The second kappa shape index (κ2) is 11.3. The Kier molecular flexibility index (Phi) is 8.41. The molecule has 0 bridgehead atoms. The maximum Gasteiger partial charge on any atom is 0.251 e. The van der Waals surface area contributed by atoms with Gasteiger partial charge in [0.15, 0.2) is 11.5 Å². The molecular weight excluding hydrogens is 476 g/mol. The molecule has 3 aromatic carbocycles. The van der Waals surface area contributed by atoms with E-state index in [9.17, 15) is 13.2 Å². The van der Waals surface area contributed by atoms with Crippen LogP contribution in [-0.4, -0.2) is 40.8 Å². The minimum atomic E-state index is -3.55. The molecule has 0 atom stereocenters. The third kappa shape index (κ3) is 6.65. The van der Waals surface area contributed by atoms with Crippen LogP contribution in [0.15, 0.2) is 66.7 Å². The maximum atomic E-state index is 12.5. The summed E-state index contributed by atoms with van der Waals surface area (Å²) >= 11 is 6.09. The summed E-state index contributed by atoms with van der Waals surface area (Å²) in [5.41, 5.74) is 2.51. The Morgan fingerprint density at radius 1 is 1.03 bits per heavy atom. The standard InChI is InChI=1S/C25H27ClN2O5S/c1-18-8-13-21(26)16-22(18)28(34(3,30)31)17-19-9-11-20(12-10-19)25(29)27-14-15-33-24-7-5-4-6-23(24)32-2/h4-13,16H,14-15,17H2,1-3H3,(H,27,29). The third-order valence-electron chi connectivity index (χ3n) is 5.10. The van der Waals surface area contributed by atoms with E-state index in [4.69, 9.17) is 21.1 Å². The third-order valence-corrected chi connectivity index (χ3v) is 6.46. The number of nitrogens with one attached hydrogen (secondary N) is 1. The van der Waals surface area contributed by atoms with Crippen molar-refractivity contribution < 1.29 is 22.7 Å². The van der Waals surface area contributed by atoms with Crippen molar-refractivity contribution in [2.45, 2.75) is 13.5 Å². The number of para-hydroxylation sites is 2. The number of carbonyl (C=O) groups excluding carboxylic acids is 1. The molecule has 0 saturated heterocycles. The number of nitrogens with zero attached hydrogens (tertiary/aromatic N) is 1. The fourth-order valence-electron chi connectivity index (χ4n) is 3.33. The summed E-state index contributed by atoms with van der Waals surface area (Å²) < 4.78 is 37.1. The smallest absolute Gasteiger partial charge is 0.251 e. The number of hydrogen-bond donors (Lipinski definition) is 1. The van der Waals surface area contributed by atoms with Crippen molar-refractivity contribution in [3.8, 4) is 11.5 Å². The molecule has 7 nitrogen and oxygen atoms in total. The van der Waals surface area contributed by atoms with Gasteiger partial charge in [-0.1, -0.05) is 41.9 Å². The lowest BCUT2D eigenvalue weighted by Crippen LogP contribution is -2.30. The Morgan fingerprint density at radius 2 is 1.71 bits per heavy atom. The molecule has 0 aliphatic rings. The summed E-state index contributed by atoms with van der Waals surface area (Å²) in [6.45, 7) is 2.55. The van der Waals surface area contributed by atoms with Crippen molar-refractivity contribution in [2.24, 2.45) is 0 Å². The number of benzene rings is 3. The quantitative estimate of drug-likeness (QED) is 0.414. The van der Waals surface area contributed by atoms with Gasteiger partial charge in [0, 0.05) is 10.6 Å². The molecular formula is C25H27ClN2O5S. The number of anilines is 1. The number of methoxy groups -OCH3 is 1. The fraction of sp³-hybridized carbons (Fsp3) is 0.240. The molecule has 0 aromatic heterocycles. The lowest BCUT2D eigenvalue weighted by atomic mass is 10.1. The summed E-state index contributed by atoms with van der Waals surface area (Å²) in [5.74, 6) is 0.982. The van der Waals surface area contributed by atoms with Gasteiger partial charge in [-0.15, -0.1) is 0 Å². The van der Waals surface area contributed by atoms with Gasteiger partial charge >= 0.3 is 0 Å². The lowest BCUT2D eigenvalue weighted by Gasteiger charge is -2.24. The zero-order valence-corrected chi connectivity index (χ0v) is 20.8. The van der Waals surface area contributed by atoms with Gasteiger partial charge in [0.2, 0.25) is 10.0 Å². The van der Waals surface area contributed by atoms with Crippen molar-refractivity contribution in [1.82, 2.24) is 5.32 Å². The molecule has 0 unspecified atom stereocenters. The van der Waals surface area contributed by atoms with E-state index >= 15 is 0 Å². The summed E-state index contributed by atoms with van der Waals surface area (Å²) in [4.78, 5) is 12.5. The lowest BCUT2D eigenvalue weighted by molar-refractivity contribution is 0.0947. The Balaban J connectivity index is 1.61. The number of carbonyl (C=O) groups is 1.